The minimum Gasteiger partial charge on any atom is -0.356 e. The minimum absolute atomic E-state index is 0. The molecule has 10 heteroatoms. The first-order valence-corrected chi connectivity index (χ1v) is 7.31. The lowest BCUT2D eigenvalue weighted by Gasteiger charge is -2.34. The molecule has 6 nitrogen and oxygen atoms in total. The molecule has 0 saturated carbocycles. The molecule has 1 fully saturated rings. The van der Waals surface area contributed by atoms with Crippen molar-refractivity contribution in [2.45, 2.75) is 19.5 Å². The Bertz CT molecular complexity index is 384. The molecule has 23 heavy (non-hydrogen) atoms. The summed E-state index contributed by atoms with van der Waals surface area (Å²) in [5.41, 5.74) is 0. The number of carbonyl (C=O) groups is 1. The maximum atomic E-state index is 12.1. The Morgan fingerprint density at radius 2 is 1.70 bits per heavy atom. The number of piperazine rings is 1. The molecule has 0 unspecified atom stereocenters. The molecule has 2 N–H and O–H groups in total. The van der Waals surface area contributed by atoms with Gasteiger partial charge >= 0.3 is 6.18 Å². The van der Waals surface area contributed by atoms with Crippen LogP contribution in [0.15, 0.2) is 4.99 Å². The Hall–Kier alpha value is -0.780. The van der Waals surface area contributed by atoms with Crippen molar-refractivity contribution in [3.8, 4) is 0 Å². The maximum absolute atomic E-state index is 12.1. The topological polar surface area (TPSA) is 60.0 Å². The van der Waals surface area contributed by atoms with Crippen molar-refractivity contribution < 1.29 is 18.0 Å². The molecule has 0 spiro atoms. The number of carbonyl (C=O) groups excluding carboxylic acids is 1. The van der Waals surface area contributed by atoms with Gasteiger partial charge in [-0.2, -0.15) is 13.2 Å². The molecule has 1 rings (SSSR count). The summed E-state index contributed by atoms with van der Waals surface area (Å²) in [5, 5.41) is 5.62. The fourth-order valence-corrected chi connectivity index (χ4v) is 2.16. The van der Waals surface area contributed by atoms with E-state index in [-0.39, 0.29) is 36.4 Å². The Kier molecular flexibility index (Phi) is 10.5. The van der Waals surface area contributed by atoms with Crippen LogP contribution in [0.3, 0.4) is 0 Å². The molecule has 1 aliphatic rings. The third kappa shape index (κ3) is 9.84. The average Bonchev–Trinajstić information content (AvgIpc) is 2.45. The molecule has 136 valence electrons. The zero-order valence-electron chi connectivity index (χ0n) is 13.4. The van der Waals surface area contributed by atoms with Crippen molar-refractivity contribution in [3.05, 3.63) is 0 Å². The largest absolute Gasteiger partial charge is 0.390 e. The lowest BCUT2D eigenvalue weighted by Crippen LogP contribution is -2.50. The molecule has 1 aliphatic heterocycles. The third-order valence-electron chi connectivity index (χ3n) is 3.46. The van der Waals surface area contributed by atoms with Crippen LogP contribution in [0.2, 0.25) is 0 Å². The van der Waals surface area contributed by atoms with Gasteiger partial charge in [0.1, 0.15) is 0 Å². The van der Waals surface area contributed by atoms with Crippen molar-refractivity contribution in [1.29, 1.82) is 0 Å². The summed E-state index contributed by atoms with van der Waals surface area (Å²) in [6.45, 7) is 5.76. The van der Waals surface area contributed by atoms with E-state index in [2.05, 4.69) is 20.5 Å². The van der Waals surface area contributed by atoms with Crippen LogP contribution in [-0.2, 0) is 4.79 Å². The summed E-state index contributed by atoms with van der Waals surface area (Å²) in [5.74, 6) is 0.457. The van der Waals surface area contributed by atoms with Gasteiger partial charge in [-0.25, -0.2) is 0 Å². The fourth-order valence-electron chi connectivity index (χ4n) is 2.16. The Balaban J connectivity index is 0.00000484. The second-order valence-corrected chi connectivity index (χ2v) is 5.14. The van der Waals surface area contributed by atoms with Gasteiger partial charge in [-0.05, 0) is 0 Å². The maximum Gasteiger partial charge on any atom is 0.390 e. The number of nitrogens with zero attached hydrogens (tertiary/aromatic N) is 3. The normalized spacial score (nSPS) is 16.7. The molecule has 0 radical (unpaired) electrons. The first-order valence-electron chi connectivity index (χ1n) is 7.31. The Labute approximate surface area is 151 Å². The van der Waals surface area contributed by atoms with E-state index in [1.165, 1.54) is 7.05 Å². The highest BCUT2D eigenvalue weighted by Gasteiger charge is 2.26. The van der Waals surface area contributed by atoms with Crippen LogP contribution in [0, 0.1) is 0 Å². The van der Waals surface area contributed by atoms with Gasteiger partial charge in [-0.15, -0.1) is 24.0 Å². The standard InChI is InChI=1S/C13H24F3N5O.HI/c1-11(22)21-9-7-20(8-10-21)6-5-19-12(17-2)18-4-3-13(14,15)16;/h3-10H2,1-2H3,(H2,17,18,19);1H. The summed E-state index contributed by atoms with van der Waals surface area (Å²) < 4.78 is 36.2. The van der Waals surface area contributed by atoms with E-state index < -0.39 is 12.6 Å². The highest BCUT2D eigenvalue weighted by molar-refractivity contribution is 14.0. The van der Waals surface area contributed by atoms with Crippen molar-refractivity contribution >= 4 is 35.8 Å². The first kappa shape index (κ1) is 22.2. The number of hydrogen-bond donors (Lipinski definition) is 2. The predicted octanol–water partition coefficient (Wildman–Crippen LogP) is 0.886. The summed E-state index contributed by atoms with van der Waals surface area (Å²) in [6, 6.07) is 0. The first-order chi connectivity index (χ1) is 10.3. The summed E-state index contributed by atoms with van der Waals surface area (Å²) >= 11 is 0. The summed E-state index contributed by atoms with van der Waals surface area (Å²) in [7, 11) is 1.52. The van der Waals surface area contributed by atoms with E-state index in [1.807, 2.05) is 4.90 Å². The monoisotopic (exact) mass is 451 g/mol. The lowest BCUT2D eigenvalue weighted by atomic mass is 10.3. The molecule has 1 saturated heterocycles. The average molecular weight is 451 g/mol. The molecule has 0 bridgehead atoms. The van der Waals surface area contributed by atoms with E-state index in [0.29, 0.717) is 25.6 Å². The minimum atomic E-state index is -4.16. The predicted molar refractivity (Wildman–Crippen MR) is 94.1 cm³/mol. The van der Waals surface area contributed by atoms with Gasteiger partial charge in [0.15, 0.2) is 5.96 Å². The van der Waals surface area contributed by atoms with Gasteiger partial charge in [0, 0.05) is 59.8 Å². The summed E-state index contributed by atoms with van der Waals surface area (Å²) in [6.07, 6.45) is -5.05. The number of halogens is 4. The molecule has 0 aromatic carbocycles. The highest BCUT2D eigenvalue weighted by atomic mass is 127. The zero-order valence-corrected chi connectivity index (χ0v) is 15.8. The molecule has 0 atom stereocenters. The van der Waals surface area contributed by atoms with Crippen molar-refractivity contribution in [3.63, 3.8) is 0 Å². The fraction of sp³-hybridized carbons (Fsp3) is 0.846. The molecular formula is C13H25F3IN5O. The van der Waals surface area contributed by atoms with Crippen LogP contribution in [0.4, 0.5) is 13.2 Å². The van der Waals surface area contributed by atoms with Gasteiger partial charge < -0.3 is 15.5 Å². The van der Waals surface area contributed by atoms with Crippen LogP contribution >= 0.6 is 24.0 Å². The summed E-state index contributed by atoms with van der Waals surface area (Å²) in [4.78, 5) is 19.1. The Morgan fingerprint density at radius 3 is 2.17 bits per heavy atom. The van der Waals surface area contributed by atoms with Crippen molar-refractivity contribution in [2.24, 2.45) is 4.99 Å². The number of aliphatic imine (C=N–C) groups is 1. The number of hydrogen-bond acceptors (Lipinski definition) is 3. The van der Waals surface area contributed by atoms with Crippen molar-refractivity contribution in [2.75, 3.05) is 52.9 Å². The van der Waals surface area contributed by atoms with Crippen LogP contribution in [-0.4, -0.2) is 80.7 Å². The second-order valence-electron chi connectivity index (χ2n) is 5.14. The number of amides is 1. The van der Waals surface area contributed by atoms with E-state index in [4.69, 9.17) is 0 Å². The van der Waals surface area contributed by atoms with Crippen LogP contribution < -0.4 is 10.6 Å². The molecule has 1 heterocycles. The number of alkyl halides is 3. The Morgan fingerprint density at radius 1 is 1.13 bits per heavy atom. The van der Waals surface area contributed by atoms with Crippen molar-refractivity contribution in [1.82, 2.24) is 20.4 Å². The van der Waals surface area contributed by atoms with E-state index in [9.17, 15) is 18.0 Å². The van der Waals surface area contributed by atoms with Gasteiger partial charge in [0.25, 0.3) is 0 Å². The van der Waals surface area contributed by atoms with Gasteiger partial charge in [0.05, 0.1) is 6.42 Å². The molecule has 0 aliphatic carbocycles. The molecule has 0 aromatic heterocycles. The van der Waals surface area contributed by atoms with Crippen LogP contribution in [0.5, 0.6) is 0 Å². The molecule has 1 amide bonds. The van der Waals surface area contributed by atoms with Crippen LogP contribution in [0.1, 0.15) is 13.3 Å². The van der Waals surface area contributed by atoms with Gasteiger partial charge in [0.2, 0.25) is 5.91 Å². The molecular weight excluding hydrogens is 426 g/mol. The highest BCUT2D eigenvalue weighted by Crippen LogP contribution is 2.17. The van der Waals surface area contributed by atoms with E-state index in [0.717, 1.165) is 19.6 Å². The van der Waals surface area contributed by atoms with Gasteiger partial charge in [-0.1, -0.05) is 0 Å². The van der Waals surface area contributed by atoms with E-state index >= 15 is 0 Å². The number of guanidine groups is 1. The van der Waals surface area contributed by atoms with Crippen LogP contribution in [0.25, 0.3) is 0 Å². The number of rotatable bonds is 5. The third-order valence-corrected chi connectivity index (χ3v) is 3.46. The zero-order chi connectivity index (χ0) is 16.6. The lowest BCUT2D eigenvalue weighted by molar-refractivity contribution is -0.133. The SMILES string of the molecule is CN=C(NCCN1CCN(C(C)=O)CC1)NCCC(F)(F)F.I. The van der Waals surface area contributed by atoms with E-state index in [1.54, 1.807) is 6.92 Å². The molecule has 0 aromatic rings. The second kappa shape index (κ2) is 10.9. The van der Waals surface area contributed by atoms with Gasteiger partial charge in [-0.3, -0.25) is 14.7 Å². The number of nitrogens with one attached hydrogen (secondary N) is 2. The smallest absolute Gasteiger partial charge is 0.356 e. The quantitative estimate of drug-likeness (QED) is 0.371.